The molecule has 1 amide bonds. The van der Waals surface area contributed by atoms with E-state index in [1.165, 1.54) is 12.1 Å². The molecule has 0 saturated carbocycles. The lowest BCUT2D eigenvalue weighted by Crippen LogP contribution is -2.36. The van der Waals surface area contributed by atoms with Gasteiger partial charge in [-0.25, -0.2) is 13.1 Å². The van der Waals surface area contributed by atoms with Gasteiger partial charge in [0.1, 0.15) is 0 Å². The maximum Gasteiger partial charge on any atom is 0.241 e. The first-order valence-corrected chi connectivity index (χ1v) is 8.60. The summed E-state index contributed by atoms with van der Waals surface area (Å²) in [5.41, 5.74) is 2.74. The van der Waals surface area contributed by atoms with E-state index in [9.17, 15) is 13.2 Å². The summed E-state index contributed by atoms with van der Waals surface area (Å²) in [5, 5.41) is 6.97. The molecule has 2 N–H and O–H groups in total. The molecule has 0 fully saturated rings. The molecule has 7 nitrogen and oxygen atoms in total. The molecule has 1 aromatic carbocycles. The van der Waals surface area contributed by atoms with Gasteiger partial charge in [-0.15, -0.1) is 0 Å². The number of aryl methyl sites for hydroxylation is 2. The topological polar surface area (TPSA) is 93.1 Å². The number of hydrogen-bond acceptors (Lipinski definition) is 4. The number of nitrogens with one attached hydrogen (secondary N) is 2. The van der Waals surface area contributed by atoms with Crippen LogP contribution < -0.4 is 10.0 Å². The predicted molar refractivity (Wildman–Crippen MR) is 86.2 cm³/mol. The third-order valence-corrected chi connectivity index (χ3v) is 5.01. The zero-order valence-corrected chi connectivity index (χ0v) is 14.1. The normalized spacial score (nSPS) is 11.4. The largest absolute Gasteiger partial charge is 0.351 e. The molecule has 0 aliphatic carbocycles. The van der Waals surface area contributed by atoms with Gasteiger partial charge in [-0.3, -0.25) is 9.48 Å². The molecule has 0 spiro atoms. The summed E-state index contributed by atoms with van der Waals surface area (Å²) in [4.78, 5) is 12.0. The van der Waals surface area contributed by atoms with Crippen LogP contribution in [-0.2, 0) is 28.4 Å². The Balaban J connectivity index is 1.91. The Morgan fingerprint density at radius 1 is 1.22 bits per heavy atom. The lowest BCUT2D eigenvalue weighted by atomic mass is 10.2. The lowest BCUT2D eigenvalue weighted by molar-refractivity contribution is -0.120. The van der Waals surface area contributed by atoms with Gasteiger partial charge in [-0.2, -0.15) is 5.10 Å². The van der Waals surface area contributed by atoms with Gasteiger partial charge in [-0.05, 0) is 26.0 Å². The second-order valence-corrected chi connectivity index (χ2v) is 6.95. The molecule has 0 saturated heterocycles. The van der Waals surface area contributed by atoms with Crippen molar-refractivity contribution in [1.29, 1.82) is 0 Å². The number of rotatable bonds is 6. The van der Waals surface area contributed by atoms with Crippen LogP contribution in [0.5, 0.6) is 0 Å². The lowest BCUT2D eigenvalue weighted by Gasteiger charge is -2.08. The van der Waals surface area contributed by atoms with Gasteiger partial charge < -0.3 is 5.32 Å². The van der Waals surface area contributed by atoms with Crippen molar-refractivity contribution in [2.24, 2.45) is 7.05 Å². The Kier molecular flexibility index (Phi) is 5.17. The van der Waals surface area contributed by atoms with E-state index in [1.54, 1.807) is 22.9 Å². The van der Waals surface area contributed by atoms with Crippen molar-refractivity contribution in [3.05, 3.63) is 47.3 Å². The van der Waals surface area contributed by atoms with Crippen molar-refractivity contribution in [2.75, 3.05) is 6.54 Å². The van der Waals surface area contributed by atoms with Gasteiger partial charge in [0.15, 0.2) is 0 Å². The van der Waals surface area contributed by atoms with Crippen LogP contribution in [0, 0.1) is 13.8 Å². The minimum Gasteiger partial charge on any atom is -0.351 e. The van der Waals surface area contributed by atoms with Crippen LogP contribution in [0.3, 0.4) is 0 Å². The number of hydrogen-bond donors (Lipinski definition) is 2. The quantitative estimate of drug-likeness (QED) is 0.809. The SMILES string of the molecule is Cc1nn(C)c(C)c1CNC(=O)CNS(=O)(=O)c1ccccc1. The van der Waals surface area contributed by atoms with Gasteiger partial charge in [0.2, 0.25) is 15.9 Å². The molecule has 2 rings (SSSR count). The Hall–Kier alpha value is -2.19. The van der Waals surface area contributed by atoms with Gasteiger partial charge in [0.25, 0.3) is 0 Å². The summed E-state index contributed by atoms with van der Waals surface area (Å²) in [6.07, 6.45) is 0. The van der Waals surface area contributed by atoms with Crippen LogP contribution in [0.25, 0.3) is 0 Å². The Bertz CT molecular complexity index is 798. The molecule has 0 atom stereocenters. The molecule has 0 aliphatic rings. The average Bonchev–Trinajstić information content (AvgIpc) is 2.77. The van der Waals surface area contributed by atoms with E-state index < -0.39 is 15.9 Å². The fourth-order valence-electron chi connectivity index (χ4n) is 2.17. The fourth-order valence-corrected chi connectivity index (χ4v) is 3.17. The van der Waals surface area contributed by atoms with Crippen molar-refractivity contribution in [3.8, 4) is 0 Å². The summed E-state index contributed by atoms with van der Waals surface area (Å²) in [7, 11) is -1.84. The van der Waals surface area contributed by atoms with Gasteiger partial charge >= 0.3 is 0 Å². The number of nitrogens with zero attached hydrogens (tertiary/aromatic N) is 2. The number of carbonyl (C=O) groups is 1. The molecular formula is C15H20N4O3S. The van der Waals surface area contributed by atoms with Crippen LogP contribution >= 0.6 is 0 Å². The molecular weight excluding hydrogens is 316 g/mol. The number of benzene rings is 1. The smallest absolute Gasteiger partial charge is 0.241 e. The van der Waals surface area contributed by atoms with Crippen molar-refractivity contribution in [1.82, 2.24) is 19.8 Å². The predicted octanol–water partition coefficient (Wildman–Crippen LogP) is 0.632. The monoisotopic (exact) mass is 336 g/mol. The van der Waals surface area contributed by atoms with E-state index in [0.717, 1.165) is 17.0 Å². The van der Waals surface area contributed by atoms with Crippen LogP contribution in [0.4, 0.5) is 0 Å². The Labute approximate surface area is 135 Å². The first-order valence-electron chi connectivity index (χ1n) is 7.12. The molecule has 1 aromatic heterocycles. The fraction of sp³-hybridized carbons (Fsp3) is 0.333. The van der Waals surface area contributed by atoms with Gasteiger partial charge in [0.05, 0.1) is 17.1 Å². The first-order chi connectivity index (χ1) is 10.8. The van der Waals surface area contributed by atoms with Gasteiger partial charge in [-0.1, -0.05) is 18.2 Å². The molecule has 23 heavy (non-hydrogen) atoms. The van der Waals surface area contributed by atoms with Crippen LogP contribution in [0.15, 0.2) is 35.2 Å². The van der Waals surface area contributed by atoms with Crippen molar-refractivity contribution >= 4 is 15.9 Å². The zero-order chi connectivity index (χ0) is 17.0. The second-order valence-electron chi connectivity index (χ2n) is 5.19. The summed E-state index contributed by atoms with van der Waals surface area (Å²) < 4.78 is 28.1. The molecule has 0 bridgehead atoms. The Morgan fingerprint density at radius 2 is 1.87 bits per heavy atom. The summed E-state index contributed by atoms with van der Waals surface area (Å²) >= 11 is 0. The third kappa shape index (κ3) is 4.17. The number of carbonyl (C=O) groups excluding carboxylic acids is 1. The van der Waals surface area contributed by atoms with Crippen molar-refractivity contribution in [3.63, 3.8) is 0 Å². The van der Waals surface area contributed by atoms with Crippen molar-refractivity contribution in [2.45, 2.75) is 25.3 Å². The summed E-state index contributed by atoms with van der Waals surface area (Å²) in [5.74, 6) is -0.396. The zero-order valence-electron chi connectivity index (χ0n) is 13.3. The number of sulfonamides is 1. The van der Waals surface area contributed by atoms with Gasteiger partial charge in [0, 0.05) is 24.8 Å². The molecule has 8 heteroatoms. The average molecular weight is 336 g/mol. The highest BCUT2D eigenvalue weighted by Gasteiger charge is 2.15. The van der Waals surface area contributed by atoms with Crippen LogP contribution in [0.2, 0.25) is 0 Å². The maximum atomic E-state index is 12.0. The van der Waals surface area contributed by atoms with E-state index in [0.29, 0.717) is 6.54 Å². The van der Waals surface area contributed by atoms with E-state index in [1.807, 2.05) is 20.9 Å². The molecule has 124 valence electrons. The maximum absolute atomic E-state index is 12.0. The second kappa shape index (κ2) is 6.93. The highest BCUT2D eigenvalue weighted by atomic mass is 32.2. The molecule has 1 heterocycles. The number of aromatic nitrogens is 2. The first kappa shape index (κ1) is 17.2. The minimum absolute atomic E-state index is 0.131. The standard InChI is InChI=1S/C15H20N4O3S/c1-11-14(12(2)19(3)18-11)9-16-15(20)10-17-23(21,22)13-7-5-4-6-8-13/h4-8,17H,9-10H2,1-3H3,(H,16,20). The molecule has 2 aromatic rings. The molecule has 0 radical (unpaired) electrons. The Morgan fingerprint density at radius 3 is 2.43 bits per heavy atom. The van der Waals surface area contributed by atoms with Crippen molar-refractivity contribution < 1.29 is 13.2 Å². The summed E-state index contributed by atoms with van der Waals surface area (Å²) in [6.45, 7) is 3.79. The van der Waals surface area contributed by atoms with E-state index in [-0.39, 0.29) is 11.4 Å². The summed E-state index contributed by atoms with van der Waals surface area (Å²) in [6, 6.07) is 7.93. The number of amides is 1. The third-order valence-electron chi connectivity index (χ3n) is 3.60. The minimum atomic E-state index is -3.68. The van der Waals surface area contributed by atoms with Crippen LogP contribution in [-0.4, -0.2) is 30.7 Å². The molecule has 0 aliphatic heterocycles. The van der Waals surface area contributed by atoms with E-state index in [2.05, 4.69) is 15.1 Å². The van der Waals surface area contributed by atoms with E-state index in [4.69, 9.17) is 0 Å². The molecule has 0 unspecified atom stereocenters. The highest BCUT2D eigenvalue weighted by molar-refractivity contribution is 7.89. The van der Waals surface area contributed by atoms with E-state index >= 15 is 0 Å². The van der Waals surface area contributed by atoms with Crippen LogP contribution in [0.1, 0.15) is 17.0 Å². The highest BCUT2D eigenvalue weighted by Crippen LogP contribution is 2.11.